The summed E-state index contributed by atoms with van der Waals surface area (Å²) >= 11 is 0. The van der Waals surface area contributed by atoms with Gasteiger partial charge < -0.3 is 14.8 Å². The fraction of sp³-hybridized carbons (Fsp3) is 1.00. The maximum absolute atomic E-state index is 5.75. The second kappa shape index (κ2) is 6.46. The van der Waals surface area contributed by atoms with Crippen molar-refractivity contribution in [1.82, 2.24) is 5.32 Å². The fourth-order valence-corrected chi connectivity index (χ4v) is 2.45. The maximum Gasteiger partial charge on any atom is 0.0933 e. The second-order valence-electron chi connectivity index (χ2n) is 4.74. The van der Waals surface area contributed by atoms with Crippen LogP contribution in [0.5, 0.6) is 0 Å². The van der Waals surface area contributed by atoms with E-state index >= 15 is 0 Å². The van der Waals surface area contributed by atoms with Crippen molar-refractivity contribution < 1.29 is 9.47 Å². The minimum absolute atomic E-state index is 0.280. The highest BCUT2D eigenvalue weighted by molar-refractivity contribution is 4.68. The van der Waals surface area contributed by atoms with Crippen LogP contribution in [0.1, 0.15) is 32.1 Å². The topological polar surface area (TPSA) is 30.5 Å². The summed E-state index contributed by atoms with van der Waals surface area (Å²) in [7, 11) is 0. The fourth-order valence-electron chi connectivity index (χ4n) is 2.45. The number of ether oxygens (including phenoxy) is 2. The maximum atomic E-state index is 5.75. The van der Waals surface area contributed by atoms with E-state index in [2.05, 4.69) is 5.32 Å². The van der Waals surface area contributed by atoms with Crippen LogP contribution in [0.3, 0.4) is 0 Å². The highest BCUT2D eigenvalue weighted by atomic mass is 16.5. The van der Waals surface area contributed by atoms with E-state index in [1.165, 1.54) is 32.1 Å². The Balaban J connectivity index is 1.53. The van der Waals surface area contributed by atoms with Gasteiger partial charge in [-0.15, -0.1) is 0 Å². The summed E-state index contributed by atoms with van der Waals surface area (Å²) in [6.07, 6.45) is 7.23. The van der Waals surface area contributed by atoms with Gasteiger partial charge >= 0.3 is 0 Å². The summed E-state index contributed by atoms with van der Waals surface area (Å²) in [4.78, 5) is 0. The predicted octanol–water partition coefficient (Wildman–Crippen LogP) is 1.57. The molecule has 1 unspecified atom stereocenters. The molecule has 88 valence electrons. The van der Waals surface area contributed by atoms with Crippen LogP contribution in [0.25, 0.3) is 0 Å². The van der Waals surface area contributed by atoms with Crippen LogP contribution in [0.15, 0.2) is 0 Å². The van der Waals surface area contributed by atoms with Gasteiger partial charge in [-0.2, -0.15) is 0 Å². The van der Waals surface area contributed by atoms with E-state index in [4.69, 9.17) is 9.47 Å². The molecule has 2 fully saturated rings. The number of hydrogen-bond acceptors (Lipinski definition) is 3. The van der Waals surface area contributed by atoms with Crippen LogP contribution in [-0.2, 0) is 9.47 Å². The van der Waals surface area contributed by atoms with E-state index in [0.717, 1.165) is 38.8 Å². The molecule has 1 saturated carbocycles. The van der Waals surface area contributed by atoms with E-state index in [9.17, 15) is 0 Å². The van der Waals surface area contributed by atoms with Gasteiger partial charge in [0.05, 0.1) is 19.3 Å². The third-order valence-electron chi connectivity index (χ3n) is 3.39. The lowest BCUT2D eigenvalue weighted by molar-refractivity contribution is -0.0403. The van der Waals surface area contributed by atoms with Gasteiger partial charge in [0.2, 0.25) is 0 Å². The Morgan fingerprint density at radius 2 is 2.00 bits per heavy atom. The summed E-state index contributed by atoms with van der Waals surface area (Å²) in [6, 6.07) is 0. The molecule has 1 aliphatic carbocycles. The first-order chi connectivity index (χ1) is 7.45. The van der Waals surface area contributed by atoms with Crippen LogP contribution in [0.4, 0.5) is 0 Å². The first kappa shape index (κ1) is 11.4. The van der Waals surface area contributed by atoms with Crippen LogP contribution >= 0.6 is 0 Å². The predicted molar refractivity (Wildman–Crippen MR) is 60.0 cm³/mol. The van der Waals surface area contributed by atoms with E-state index in [0.29, 0.717) is 0 Å². The van der Waals surface area contributed by atoms with E-state index in [1.54, 1.807) is 0 Å². The molecule has 3 heteroatoms. The zero-order chi connectivity index (χ0) is 10.3. The molecule has 1 atom stereocenters. The molecule has 0 amide bonds. The standard InChI is InChI=1S/C12H23NO2/c1-2-4-11(5-3-1)9-14-10-12-8-13-6-7-15-12/h11-13H,1-10H2. The molecule has 2 rings (SSSR count). The van der Waals surface area contributed by atoms with Gasteiger partial charge in [0.25, 0.3) is 0 Å². The van der Waals surface area contributed by atoms with Gasteiger partial charge in [0.1, 0.15) is 0 Å². The van der Waals surface area contributed by atoms with Crippen molar-refractivity contribution in [3.8, 4) is 0 Å². The zero-order valence-corrected chi connectivity index (χ0v) is 9.54. The van der Waals surface area contributed by atoms with Crippen molar-refractivity contribution >= 4 is 0 Å². The van der Waals surface area contributed by atoms with Crippen LogP contribution in [-0.4, -0.2) is 39.0 Å². The largest absolute Gasteiger partial charge is 0.378 e. The summed E-state index contributed by atoms with van der Waals surface area (Å²) in [5.41, 5.74) is 0. The molecule has 0 aromatic rings. The number of rotatable bonds is 4. The number of nitrogens with one attached hydrogen (secondary N) is 1. The first-order valence-corrected chi connectivity index (χ1v) is 6.35. The van der Waals surface area contributed by atoms with Gasteiger partial charge in [-0.05, 0) is 18.8 Å². The lowest BCUT2D eigenvalue weighted by Crippen LogP contribution is -2.41. The zero-order valence-electron chi connectivity index (χ0n) is 9.54. The van der Waals surface area contributed by atoms with Crippen molar-refractivity contribution in [2.45, 2.75) is 38.2 Å². The highest BCUT2D eigenvalue weighted by Gasteiger charge is 2.16. The summed E-state index contributed by atoms with van der Waals surface area (Å²) < 4.78 is 11.3. The van der Waals surface area contributed by atoms with Crippen LogP contribution in [0.2, 0.25) is 0 Å². The molecule has 3 nitrogen and oxygen atoms in total. The Bertz CT molecular complexity index is 145. The van der Waals surface area contributed by atoms with E-state index in [-0.39, 0.29) is 6.10 Å². The molecular weight excluding hydrogens is 190 g/mol. The quantitative estimate of drug-likeness (QED) is 0.769. The average molecular weight is 213 g/mol. The Morgan fingerprint density at radius 3 is 2.73 bits per heavy atom. The van der Waals surface area contributed by atoms with Gasteiger partial charge in [-0.3, -0.25) is 0 Å². The molecule has 1 saturated heterocycles. The molecule has 1 aliphatic heterocycles. The smallest absolute Gasteiger partial charge is 0.0933 e. The average Bonchev–Trinajstić information content (AvgIpc) is 2.32. The molecule has 0 aromatic heterocycles. The molecule has 0 spiro atoms. The van der Waals surface area contributed by atoms with Crippen molar-refractivity contribution in [1.29, 1.82) is 0 Å². The normalized spacial score (nSPS) is 29.2. The SMILES string of the molecule is C1CCC(COCC2CNCCO2)CC1. The Hall–Kier alpha value is -0.120. The minimum Gasteiger partial charge on any atom is -0.378 e. The molecule has 1 N–H and O–H groups in total. The lowest BCUT2D eigenvalue weighted by Gasteiger charge is -2.25. The third-order valence-corrected chi connectivity index (χ3v) is 3.39. The van der Waals surface area contributed by atoms with Crippen molar-refractivity contribution in [2.75, 3.05) is 32.9 Å². The number of morpholine rings is 1. The first-order valence-electron chi connectivity index (χ1n) is 6.35. The minimum atomic E-state index is 0.280. The van der Waals surface area contributed by atoms with Crippen molar-refractivity contribution in [3.63, 3.8) is 0 Å². The Morgan fingerprint density at radius 1 is 1.13 bits per heavy atom. The molecule has 0 aromatic carbocycles. The Kier molecular flexibility index (Phi) is 4.90. The summed E-state index contributed by atoms with van der Waals surface area (Å²) in [5, 5.41) is 3.32. The molecular formula is C12H23NO2. The van der Waals surface area contributed by atoms with Gasteiger partial charge in [0.15, 0.2) is 0 Å². The van der Waals surface area contributed by atoms with Gasteiger partial charge in [-0.1, -0.05) is 19.3 Å². The number of hydrogen-bond donors (Lipinski definition) is 1. The summed E-state index contributed by atoms with van der Waals surface area (Å²) in [6.45, 7) is 4.48. The highest BCUT2D eigenvalue weighted by Crippen LogP contribution is 2.23. The van der Waals surface area contributed by atoms with Gasteiger partial charge in [0, 0.05) is 19.7 Å². The van der Waals surface area contributed by atoms with E-state index < -0.39 is 0 Å². The Labute approximate surface area is 92.5 Å². The van der Waals surface area contributed by atoms with E-state index in [1.807, 2.05) is 0 Å². The second-order valence-corrected chi connectivity index (χ2v) is 4.74. The van der Waals surface area contributed by atoms with Crippen LogP contribution < -0.4 is 5.32 Å². The molecule has 0 bridgehead atoms. The molecule has 0 radical (unpaired) electrons. The summed E-state index contributed by atoms with van der Waals surface area (Å²) in [5.74, 6) is 0.815. The molecule has 2 aliphatic rings. The third kappa shape index (κ3) is 4.09. The molecule has 15 heavy (non-hydrogen) atoms. The monoisotopic (exact) mass is 213 g/mol. The van der Waals surface area contributed by atoms with Gasteiger partial charge in [-0.25, -0.2) is 0 Å². The molecule has 1 heterocycles. The van der Waals surface area contributed by atoms with Crippen molar-refractivity contribution in [2.24, 2.45) is 5.92 Å². The van der Waals surface area contributed by atoms with Crippen LogP contribution in [0, 0.1) is 5.92 Å². The van der Waals surface area contributed by atoms with Crippen molar-refractivity contribution in [3.05, 3.63) is 0 Å². The lowest BCUT2D eigenvalue weighted by atomic mass is 9.90.